The van der Waals surface area contributed by atoms with Crippen molar-refractivity contribution in [3.05, 3.63) is 91.6 Å². The van der Waals surface area contributed by atoms with Gasteiger partial charge in [-0.25, -0.2) is 0 Å². The zero-order valence-corrected chi connectivity index (χ0v) is 27.3. The standard InChI is InChI=1S/C37H36N2O9/c1-6-7-8-9-21-15-20-14-19-10-11-37(29(19)33(44)24(20)36(47)38-21)34(45)27-28(35(37)46)32(43)26-25(31(27)42)22(40)16-23(30(26)41)48-13-12-39(17(2)3)18(4)5/h6-9,14-18,42-44H,10-13H2,1-5H3,(H,38,47)/b7-6+,9-8+/t37-/m0/s1. The minimum atomic E-state index is -2.10. The van der Waals surface area contributed by atoms with E-state index in [0.29, 0.717) is 23.2 Å². The van der Waals surface area contributed by atoms with Crippen LogP contribution in [0.15, 0.2) is 47.0 Å². The molecule has 4 N–H and O–H groups in total. The molecule has 11 heteroatoms. The molecule has 0 saturated carbocycles. The first-order chi connectivity index (χ1) is 22.8. The van der Waals surface area contributed by atoms with Crippen LogP contribution >= 0.6 is 0 Å². The molecule has 1 heterocycles. The highest BCUT2D eigenvalue weighted by Gasteiger charge is 2.61. The van der Waals surface area contributed by atoms with Crippen molar-refractivity contribution in [1.82, 2.24) is 9.88 Å². The number of ketones is 4. The number of nitrogens with one attached hydrogen (secondary N) is 1. The summed E-state index contributed by atoms with van der Waals surface area (Å²) < 4.78 is 5.69. The molecule has 3 aliphatic carbocycles. The summed E-state index contributed by atoms with van der Waals surface area (Å²) in [5.74, 6) is -6.45. The summed E-state index contributed by atoms with van der Waals surface area (Å²) in [6.07, 6.45) is 7.94. The number of hydrogen-bond acceptors (Lipinski definition) is 10. The van der Waals surface area contributed by atoms with Crippen LogP contribution in [0.5, 0.6) is 17.2 Å². The number of aromatic amines is 1. The van der Waals surface area contributed by atoms with Crippen molar-refractivity contribution in [2.75, 3.05) is 13.2 Å². The van der Waals surface area contributed by atoms with Crippen LogP contribution in [0.25, 0.3) is 16.8 Å². The SMILES string of the molecule is C/C=C/C=C/c1cc2cc3c(c(O)c2c(=O)[nH]1)[C@@]1(CC3)C(=O)c2c(O)c3c(c(O)c2C1=O)C(=O)C(OCCN(C(C)C)C(C)C)=CC3=O. The van der Waals surface area contributed by atoms with E-state index >= 15 is 0 Å². The van der Waals surface area contributed by atoms with Gasteiger partial charge in [-0.05, 0) is 70.6 Å². The lowest BCUT2D eigenvalue weighted by Crippen LogP contribution is -2.39. The molecule has 1 aromatic heterocycles. The maximum Gasteiger partial charge on any atom is 0.260 e. The topological polar surface area (TPSA) is 174 Å². The molecule has 2 aromatic carbocycles. The third-order valence-electron chi connectivity index (χ3n) is 9.55. The first-order valence-electron chi connectivity index (χ1n) is 15.9. The number of benzene rings is 2. The average molecular weight is 653 g/mol. The fraction of sp³-hybridized carbons (Fsp3) is 0.324. The highest BCUT2D eigenvalue weighted by atomic mass is 16.5. The molecule has 6 rings (SSSR count). The summed E-state index contributed by atoms with van der Waals surface area (Å²) in [6.45, 7) is 10.4. The second-order valence-electron chi connectivity index (χ2n) is 12.9. The van der Waals surface area contributed by atoms with E-state index in [1.165, 1.54) is 0 Å². The van der Waals surface area contributed by atoms with Crippen molar-refractivity contribution in [2.24, 2.45) is 0 Å². The van der Waals surface area contributed by atoms with Crippen LogP contribution in [0.3, 0.4) is 0 Å². The van der Waals surface area contributed by atoms with Crippen molar-refractivity contribution < 1.29 is 39.2 Å². The molecule has 0 saturated heterocycles. The fourth-order valence-electron chi connectivity index (χ4n) is 7.45. The number of aromatic hydroxyl groups is 3. The maximum atomic E-state index is 14.3. The van der Waals surface area contributed by atoms with Gasteiger partial charge in [-0.1, -0.05) is 24.3 Å². The smallest absolute Gasteiger partial charge is 0.260 e. The number of H-pyrrole nitrogens is 1. The number of pyridine rings is 1. The second kappa shape index (κ2) is 11.7. The van der Waals surface area contributed by atoms with E-state index in [0.717, 1.165) is 6.08 Å². The highest BCUT2D eigenvalue weighted by Crippen LogP contribution is 2.57. The van der Waals surface area contributed by atoms with Gasteiger partial charge in [0.05, 0.1) is 27.6 Å². The van der Waals surface area contributed by atoms with Gasteiger partial charge in [0.2, 0.25) is 5.78 Å². The molecule has 0 amide bonds. The molecule has 1 spiro atoms. The number of fused-ring (bicyclic) bond motifs is 5. The molecule has 0 radical (unpaired) electrons. The number of aromatic nitrogens is 1. The molecule has 0 fully saturated rings. The van der Waals surface area contributed by atoms with E-state index in [1.54, 1.807) is 30.4 Å². The number of aryl methyl sites for hydroxylation is 1. The van der Waals surface area contributed by atoms with Gasteiger partial charge in [0.25, 0.3) is 5.56 Å². The van der Waals surface area contributed by atoms with Crippen molar-refractivity contribution in [3.8, 4) is 17.2 Å². The number of carbonyl (C=O) groups is 4. The molecule has 0 aliphatic heterocycles. The predicted octanol–water partition coefficient (Wildman–Crippen LogP) is 4.90. The number of ether oxygens (including phenoxy) is 1. The Bertz CT molecular complexity index is 2110. The van der Waals surface area contributed by atoms with Crippen molar-refractivity contribution in [1.29, 1.82) is 0 Å². The molecular formula is C37H36N2O9. The van der Waals surface area contributed by atoms with Gasteiger partial charge in [-0.3, -0.25) is 28.9 Å². The lowest BCUT2D eigenvalue weighted by Gasteiger charge is -2.30. The average Bonchev–Trinajstić information content (AvgIpc) is 3.51. The zero-order valence-electron chi connectivity index (χ0n) is 27.3. The van der Waals surface area contributed by atoms with Gasteiger partial charge >= 0.3 is 0 Å². The third kappa shape index (κ3) is 4.63. The lowest BCUT2D eigenvalue weighted by molar-refractivity contribution is 0.0790. The molecule has 48 heavy (non-hydrogen) atoms. The normalized spacial score (nSPS) is 18.8. The van der Waals surface area contributed by atoms with E-state index in [1.807, 2.05) is 40.7 Å². The van der Waals surface area contributed by atoms with Crippen molar-refractivity contribution in [3.63, 3.8) is 0 Å². The van der Waals surface area contributed by atoms with Crippen LogP contribution in [0.1, 0.15) is 99.3 Å². The van der Waals surface area contributed by atoms with E-state index in [9.17, 15) is 39.3 Å². The van der Waals surface area contributed by atoms with Gasteiger partial charge in [0.15, 0.2) is 23.1 Å². The fourth-order valence-corrected chi connectivity index (χ4v) is 7.45. The first kappa shape index (κ1) is 32.6. The zero-order chi connectivity index (χ0) is 34.8. The number of allylic oxidation sites excluding steroid dienone is 5. The highest BCUT2D eigenvalue weighted by molar-refractivity contribution is 6.38. The predicted molar refractivity (Wildman–Crippen MR) is 178 cm³/mol. The maximum absolute atomic E-state index is 14.3. The number of hydrogen-bond donors (Lipinski definition) is 4. The largest absolute Gasteiger partial charge is 0.507 e. The third-order valence-corrected chi connectivity index (χ3v) is 9.55. The summed E-state index contributed by atoms with van der Waals surface area (Å²) in [6, 6.07) is 3.67. The van der Waals surface area contributed by atoms with Crippen LogP contribution in [-0.4, -0.2) is 73.6 Å². The molecule has 0 unspecified atom stereocenters. The number of phenolic OH excluding ortho intramolecular Hbond substituents is 3. The van der Waals surface area contributed by atoms with E-state index < -0.39 is 73.6 Å². The number of phenols is 3. The number of Topliss-reactive ketones (excluding diaryl/α,β-unsaturated/α-hetero) is 3. The lowest BCUT2D eigenvalue weighted by atomic mass is 9.76. The Morgan fingerprint density at radius 1 is 0.896 bits per heavy atom. The Morgan fingerprint density at radius 2 is 1.54 bits per heavy atom. The number of rotatable bonds is 8. The van der Waals surface area contributed by atoms with Gasteiger partial charge in [-0.15, -0.1) is 0 Å². The molecular weight excluding hydrogens is 616 g/mol. The summed E-state index contributed by atoms with van der Waals surface area (Å²) in [7, 11) is 0. The van der Waals surface area contributed by atoms with E-state index in [4.69, 9.17) is 4.74 Å². The van der Waals surface area contributed by atoms with E-state index in [-0.39, 0.29) is 48.2 Å². The van der Waals surface area contributed by atoms with Gasteiger partial charge < -0.3 is 25.0 Å². The van der Waals surface area contributed by atoms with Crippen LogP contribution in [0.4, 0.5) is 0 Å². The summed E-state index contributed by atoms with van der Waals surface area (Å²) in [5.41, 5.74) is -4.39. The summed E-state index contributed by atoms with van der Waals surface area (Å²) in [5, 5.41) is 34.6. The minimum absolute atomic E-state index is 0.0471. The Labute approximate surface area is 275 Å². The molecule has 3 aliphatic rings. The summed E-state index contributed by atoms with van der Waals surface area (Å²) >= 11 is 0. The summed E-state index contributed by atoms with van der Waals surface area (Å²) in [4.78, 5) is 73.5. The quantitative estimate of drug-likeness (QED) is 0.149. The van der Waals surface area contributed by atoms with E-state index in [2.05, 4.69) is 9.88 Å². The molecule has 11 nitrogen and oxygen atoms in total. The van der Waals surface area contributed by atoms with Crippen molar-refractivity contribution >= 4 is 40.0 Å². The molecule has 3 aromatic rings. The van der Waals surface area contributed by atoms with Crippen LogP contribution in [0, 0.1) is 0 Å². The Hall–Kier alpha value is -5.29. The molecule has 1 atom stereocenters. The van der Waals surface area contributed by atoms with Crippen molar-refractivity contribution in [2.45, 2.75) is 65.0 Å². The Morgan fingerprint density at radius 3 is 2.17 bits per heavy atom. The van der Waals surface area contributed by atoms with Crippen LogP contribution < -0.4 is 5.56 Å². The minimum Gasteiger partial charge on any atom is -0.507 e. The van der Waals surface area contributed by atoms with Gasteiger partial charge in [0, 0.05) is 36.0 Å². The Balaban J connectivity index is 1.43. The molecule has 0 bridgehead atoms. The number of carbonyl (C=O) groups excluding carboxylic acids is 4. The van der Waals surface area contributed by atoms with Gasteiger partial charge in [0.1, 0.15) is 29.3 Å². The van der Waals surface area contributed by atoms with Gasteiger partial charge in [-0.2, -0.15) is 0 Å². The first-order valence-corrected chi connectivity index (χ1v) is 15.9. The molecule has 248 valence electrons. The second-order valence-corrected chi connectivity index (χ2v) is 12.9. The van der Waals surface area contributed by atoms with Crippen LogP contribution in [-0.2, 0) is 16.6 Å². The monoisotopic (exact) mass is 652 g/mol. The number of nitrogens with zero attached hydrogens (tertiary/aromatic N) is 1. The van der Waals surface area contributed by atoms with Crippen LogP contribution in [0.2, 0.25) is 0 Å². The Kier molecular flexibility index (Phi) is 7.99.